The molecule has 4 heteroatoms. The zero-order valence-corrected chi connectivity index (χ0v) is 10.4. The van der Waals surface area contributed by atoms with Crippen molar-refractivity contribution in [2.45, 2.75) is 38.2 Å². The molecule has 0 aliphatic heterocycles. The van der Waals surface area contributed by atoms with Gasteiger partial charge in [-0.3, -0.25) is 0 Å². The fourth-order valence-corrected chi connectivity index (χ4v) is 1.96. The molecule has 82 valence electrons. The van der Waals surface area contributed by atoms with Crippen molar-refractivity contribution in [1.29, 1.82) is 0 Å². The fourth-order valence-electron chi connectivity index (χ4n) is 1.71. The number of ether oxygens (including phenoxy) is 1. The van der Waals surface area contributed by atoms with Gasteiger partial charge < -0.3 is 9.84 Å². The highest BCUT2D eigenvalue weighted by atomic mass is 32.2. The van der Waals surface area contributed by atoms with E-state index < -0.39 is 5.60 Å². The molecule has 0 atom stereocenters. The minimum absolute atomic E-state index is 0.448. The van der Waals surface area contributed by atoms with Crippen molar-refractivity contribution in [2.75, 3.05) is 12.9 Å². The number of rotatable bonds is 2. The summed E-state index contributed by atoms with van der Waals surface area (Å²) < 4.78 is 6.04. The molecule has 0 spiro atoms. The Balaban J connectivity index is 2.19. The number of thiocarbonyl (C=S) groups is 1. The molecule has 0 aromatic carbocycles. The lowest BCUT2D eigenvalue weighted by atomic mass is 9.80. The van der Waals surface area contributed by atoms with Gasteiger partial charge in [-0.1, -0.05) is 11.8 Å². The van der Waals surface area contributed by atoms with Crippen LogP contribution in [0.4, 0.5) is 0 Å². The second-order valence-corrected chi connectivity index (χ2v) is 5.61. The lowest BCUT2D eigenvalue weighted by Crippen LogP contribution is -2.31. The topological polar surface area (TPSA) is 29.5 Å². The van der Waals surface area contributed by atoms with Crippen LogP contribution in [0, 0.1) is 5.92 Å². The van der Waals surface area contributed by atoms with Crippen molar-refractivity contribution in [2.24, 2.45) is 5.92 Å². The molecular weight excluding hydrogens is 216 g/mol. The van der Waals surface area contributed by atoms with Gasteiger partial charge in [0.2, 0.25) is 4.38 Å². The molecule has 0 saturated heterocycles. The maximum absolute atomic E-state index is 9.75. The van der Waals surface area contributed by atoms with E-state index >= 15 is 0 Å². The molecule has 0 unspecified atom stereocenters. The molecule has 1 rings (SSSR count). The molecule has 1 aliphatic rings. The maximum Gasteiger partial charge on any atom is 0.219 e. The van der Waals surface area contributed by atoms with E-state index in [1.807, 2.05) is 13.2 Å². The Labute approximate surface area is 95.4 Å². The van der Waals surface area contributed by atoms with Crippen molar-refractivity contribution in [3.05, 3.63) is 0 Å². The van der Waals surface area contributed by atoms with Crippen LogP contribution in [0.3, 0.4) is 0 Å². The van der Waals surface area contributed by atoms with Crippen molar-refractivity contribution in [1.82, 2.24) is 0 Å². The number of thioether (sulfide) groups is 1. The Morgan fingerprint density at radius 3 is 2.64 bits per heavy atom. The first-order valence-electron chi connectivity index (χ1n) is 4.96. The Bertz CT molecular complexity index is 194. The second-order valence-electron chi connectivity index (χ2n) is 4.21. The van der Waals surface area contributed by atoms with E-state index in [-0.39, 0.29) is 0 Å². The third-order valence-electron chi connectivity index (χ3n) is 2.79. The Morgan fingerprint density at radius 2 is 2.14 bits per heavy atom. The van der Waals surface area contributed by atoms with E-state index in [1.165, 1.54) is 11.8 Å². The molecule has 14 heavy (non-hydrogen) atoms. The van der Waals surface area contributed by atoms with Crippen LogP contribution < -0.4 is 0 Å². The van der Waals surface area contributed by atoms with Gasteiger partial charge in [0.25, 0.3) is 0 Å². The molecule has 0 amide bonds. The van der Waals surface area contributed by atoms with Gasteiger partial charge in [0, 0.05) is 0 Å². The molecule has 1 N–H and O–H groups in total. The summed E-state index contributed by atoms with van der Waals surface area (Å²) in [5.74, 6) is 0.570. The van der Waals surface area contributed by atoms with Gasteiger partial charge in [0.1, 0.15) is 0 Å². The Hall–Kier alpha value is 0.200. The lowest BCUT2D eigenvalue weighted by Gasteiger charge is -2.32. The van der Waals surface area contributed by atoms with Crippen LogP contribution in [0.2, 0.25) is 0 Å². The van der Waals surface area contributed by atoms with Gasteiger partial charge >= 0.3 is 0 Å². The Morgan fingerprint density at radius 1 is 1.57 bits per heavy atom. The normalized spacial score (nSPS) is 32.6. The summed E-state index contributed by atoms with van der Waals surface area (Å²) >= 11 is 6.43. The molecular formula is C10H18O2S2. The predicted molar refractivity (Wildman–Crippen MR) is 64.6 cm³/mol. The third kappa shape index (κ3) is 4.15. The summed E-state index contributed by atoms with van der Waals surface area (Å²) in [5.41, 5.74) is -0.448. The second kappa shape index (κ2) is 5.33. The van der Waals surface area contributed by atoms with Crippen molar-refractivity contribution in [3.8, 4) is 0 Å². The summed E-state index contributed by atoms with van der Waals surface area (Å²) in [6.45, 7) is 2.63. The van der Waals surface area contributed by atoms with E-state index in [0.717, 1.165) is 32.3 Å². The van der Waals surface area contributed by atoms with Crippen LogP contribution in [0.25, 0.3) is 0 Å². The Kier molecular flexibility index (Phi) is 4.67. The maximum atomic E-state index is 9.75. The summed E-state index contributed by atoms with van der Waals surface area (Å²) in [6.07, 6.45) is 5.78. The summed E-state index contributed by atoms with van der Waals surface area (Å²) in [4.78, 5) is 0. The van der Waals surface area contributed by atoms with E-state index in [0.29, 0.717) is 10.3 Å². The number of hydrogen-bond donors (Lipinski definition) is 1. The SMILES string of the molecule is CSC(=S)OC[C@H]1CC[C@@](C)(O)CC1. The van der Waals surface area contributed by atoms with Crippen LogP contribution in [0.1, 0.15) is 32.6 Å². The van der Waals surface area contributed by atoms with Gasteiger partial charge in [-0.15, -0.1) is 0 Å². The van der Waals surface area contributed by atoms with Gasteiger partial charge in [0.05, 0.1) is 12.2 Å². The minimum Gasteiger partial charge on any atom is -0.478 e. The van der Waals surface area contributed by atoms with Crippen LogP contribution >= 0.6 is 24.0 Å². The molecule has 1 aliphatic carbocycles. The first-order valence-corrected chi connectivity index (χ1v) is 6.60. The first kappa shape index (κ1) is 12.3. The number of hydrogen-bond acceptors (Lipinski definition) is 4. The van der Waals surface area contributed by atoms with Crippen molar-refractivity contribution in [3.63, 3.8) is 0 Å². The standard InChI is InChI=1S/C10H18O2S2/c1-10(11)5-3-8(4-6-10)7-12-9(13)14-2/h8,11H,3-7H2,1-2H3/t8-,10+. The van der Waals surface area contributed by atoms with Crippen LogP contribution in [0.15, 0.2) is 0 Å². The van der Waals surface area contributed by atoms with Crippen molar-refractivity contribution >= 4 is 28.4 Å². The molecule has 1 fully saturated rings. The van der Waals surface area contributed by atoms with E-state index in [1.54, 1.807) is 0 Å². The zero-order chi connectivity index (χ0) is 10.6. The van der Waals surface area contributed by atoms with Gasteiger partial charge in [0.15, 0.2) is 0 Å². The molecule has 0 heterocycles. The van der Waals surface area contributed by atoms with Crippen LogP contribution in [-0.2, 0) is 4.74 Å². The smallest absolute Gasteiger partial charge is 0.219 e. The average Bonchev–Trinajstić information content (AvgIpc) is 2.16. The summed E-state index contributed by atoms with van der Waals surface area (Å²) in [5, 5.41) is 9.75. The van der Waals surface area contributed by atoms with E-state index in [9.17, 15) is 5.11 Å². The molecule has 0 aromatic rings. The molecule has 0 radical (unpaired) electrons. The largest absolute Gasteiger partial charge is 0.478 e. The number of aliphatic hydroxyl groups is 1. The highest BCUT2D eigenvalue weighted by molar-refractivity contribution is 8.22. The predicted octanol–water partition coefficient (Wildman–Crippen LogP) is 2.59. The monoisotopic (exact) mass is 234 g/mol. The highest BCUT2D eigenvalue weighted by Crippen LogP contribution is 2.31. The minimum atomic E-state index is -0.448. The van der Waals surface area contributed by atoms with Crippen LogP contribution in [0.5, 0.6) is 0 Å². The quantitative estimate of drug-likeness (QED) is 0.744. The van der Waals surface area contributed by atoms with E-state index in [2.05, 4.69) is 0 Å². The highest BCUT2D eigenvalue weighted by Gasteiger charge is 2.28. The third-order valence-corrected chi connectivity index (χ3v) is 3.85. The van der Waals surface area contributed by atoms with Gasteiger partial charge in [-0.05, 0) is 57.0 Å². The molecule has 1 saturated carbocycles. The zero-order valence-electron chi connectivity index (χ0n) is 8.78. The van der Waals surface area contributed by atoms with E-state index in [4.69, 9.17) is 17.0 Å². The summed E-state index contributed by atoms with van der Waals surface area (Å²) in [6, 6.07) is 0. The fraction of sp³-hybridized carbons (Fsp3) is 0.900. The molecule has 0 bridgehead atoms. The van der Waals surface area contributed by atoms with Gasteiger partial charge in [-0.25, -0.2) is 0 Å². The molecule has 2 nitrogen and oxygen atoms in total. The lowest BCUT2D eigenvalue weighted by molar-refractivity contribution is 0.00122. The average molecular weight is 234 g/mol. The first-order chi connectivity index (χ1) is 6.53. The van der Waals surface area contributed by atoms with Crippen molar-refractivity contribution < 1.29 is 9.84 Å². The summed E-state index contributed by atoms with van der Waals surface area (Å²) in [7, 11) is 0. The van der Waals surface area contributed by atoms with Crippen LogP contribution in [-0.4, -0.2) is 28.0 Å². The molecule has 0 aromatic heterocycles. The van der Waals surface area contributed by atoms with Gasteiger partial charge in [-0.2, -0.15) is 0 Å².